The molecule has 0 fully saturated rings. The minimum Gasteiger partial charge on any atom is -0.397 e. The van der Waals surface area contributed by atoms with Gasteiger partial charge in [0.15, 0.2) is 0 Å². The number of carbonyl (C=O) groups is 1. The van der Waals surface area contributed by atoms with Crippen molar-refractivity contribution in [3.63, 3.8) is 0 Å². The van der Waals surface area contributed by atoms with Gasteiger partial charge in [0.1, 0.15) is 0 Å². The lowest BCUT2D eigenvalue weighted by atomic mass is 10.1. The molecule has 1 aliphatic rings. The van der Waals surface area contributed by atoms with E-state index in [1.54, 1.807) is 29.0 Å². The fraction of sp³-hybridized carbons (Fsp3) is 0.231. The Bertz CT molecular complexity index is 617. The molecule has 2 N–H and O–H groups in total. The van der Waals surface area contributed by atoms with Crippen molar-refractivity contribution >= 4 is 17.3 Å². The molecule has 1 aliphatic heterocycles. The number of hydrogen-bond acceptors (Lipinski definition) is 3. The van der Waals surface area contributed by atoms with E-state index < -0.39 is 0 Å². The molecule has 1 aromatic heterocycles. The number of nitrogens with zero attached hydrogens (tertiary/aromatic N) is 3. The molecule has 0 saturated carbocycles. The fourth-order valence-electron chi connectivity index (χ4n) is 2.38. The van der Waals surface area contributed by atoms with Crippen molar-refractivity contribution in [1.82, 2.24) is 9.78 Å². The predicted octanol–water partition coefficient (Wildman–Crippen LogP) is 1.21. The van der Waals surface area contributed by atoms with Crippen molar-refractivity contribution in [3.8, 4) is 0 Å². The number of nitrogens with two attached hydrogens (primary N) is 1. The summed E-state index contributed by atoms with van der Waals surface area (Å²) in [6.07, 6.45) is 4.16. The third-order valence-electron chi connectivity index (χ3n) is 3.22. The van der Waals surface area contributed by atoms with Gasteiger partial charge in [-0.25, -0.2) is 0 Å². The Morgan fingerprint density at radius 3 is 3.00 bits per heavy atom. The first-order valence-corrected chi connectivity index (χ1v) is 5.84. The third-order valence-corrected chi connectivity index (χ3v) is 3.22. The van der Waals surface area contributed by atoms with Gasteiger partial charge in [0.2, 0.25) is 0 Å². The summed E-state index contributed by atoms with van der Waals surface area (Å²) in [5, 5.41) is 4.03. The van der Waals surface area contributed by atoms with Gasteiger partial charge in [-0.3, -0.25) is 9.48 Å². The maximum absolute atomic E-state index is 12.4. The van der Waals surface area contributed by atoms with Gasteiger partial charge in [-0.2, -0.15) is 5.10 Å². The van der Waals surface area contributed by atoms with Crippen LogP contribution in [0.5, 0.6) is 0 Å². The standard InChI is InChI=1S/C13H14N4O/c1-16-8-10(7-15-16)13(18)17-6-5-9-3-2-4-11(14)12(9)17/h2-4,7-8H,5-6,14H2,1H3. The van der Waals surface area contributed by atoms with Crippen LogP contribution in [0.4, 0.5) is 11.4 Å². The van der Waals surface area contributed by atoms with Crippen molar-refractivity contribution < 1.29 is 4.79 Å². The molecule has 0 saturated heterocycles. The summed E-state index contributed by atoms with van der Waals surface area (Å²) in [6, 6.07) is 5.77. The van der Waals surface area contributed by atoms with E-state index >= 15 is 0 Å². The van der Waals surface area contributed by atoms with Gasteiger partial charge < -0.3 is 10.6 Å². The normalized spacial score (nSPS) is 13.7. The van der Waals surface area contributed by atoms with Crippen LogP contribution in [0.25, 0.3) is 0 Å². The van der Waals surface area contributed by atoms with Crippen LogP contribution in [0, 0.1) is 0 Å². The highest BCUT2D eigenvalue weighted by Crippen LogP contribution is 2.34. The Hall–Kier alpha value is -2.30. The molecule has 1 aromatic carbocycles. The molecule has 92 valence electrons. The van der Waals surface area contributed by atoms with Crippen molar-refractivity contribution in [3.05, 3.63) is 41.7 Å². The number of nitrogen functional groups attached to an aromatic ring is 1. The summed E-state index contributed by atoms with van der Waals surface area (Å²) in [4.78, 5) is 14.1. The molecule has 0 bridgehead atoms. The van der Waals surface area contributed by atoms with Crippen LogP contribution in [-0.2, 0) is 13.5 Å². The zero-order valence-corrected chi connectivity index (χ0v) is 10.1. The molecular weight excluding hydrogens is 228 g/mol. The van der Waals surface area contributed by atoms with Crippen LogP contribution in [0.1, 0.15) is 15.9 Å². The zero-order chi connectivity index (χ0) is 12.7. The van der Waals surface area contributed by atoms with Crippen LogP contribution in [0.15, 0.2) is 30.6 Å². The average molecular weight is 242 g/mol. The topological polar surface area (TPSA) is 64.2 Å². The molecule has 0 spiro atoms. The highest BCUT2D eigenvalue weighted by Gasteiger charge is 2.27. The quantitative estimate of drug-likeness (QED) is 0.764. The maximum Gasteiger partial charge on any atom is 0.261 e. The minimum atomic E-state index is -0.0419. The summed E-state index contributed by atoms with van der Waals surface area (Å²) < 4.78 is 1.62. The molecule has 1 amide bonds. The summed E-state index contributed by atoms with van der Waals surface area (Å²) >= 11 is 0. The molecule has 0 unspecified atom stereocenters. The molecular formula is C13H14N4O. The second-order valence-electron chi connectivity index (χ2n) is 4.46. The van der Waals surface area contributed by atoms with Crippen molar-refractivity contribution in [2.45, 2.75) is 6.42 Å². The van der Waals surface area contributed by atoms with Crippen LogP contribution < -0.4 is 10.6 Å². The number of carbonyl (C=O) groups excluding carboxylic acids is 1. The third kappa shape index (κ3) is 1.55. The molecule has 5 nitrogen and oxygen atoms in total. The Morgan fingerprint density at radius 1 is 1.44 bits per heavy atom. The number of aromatic nitrogens is 2. The van der Waals surface area contributed by atoms with E-state index in [1.807, 2.05) is 18.2 Å². The van der Waals surface area contributed by atoms with Crippen LogP contribution in [0.3, 0.4) is 0 Å². The van der Waals surface area contributed by atoms with Gasteiger partial charge in [-0.1, -0.05) is 12.1 Å². The SMILES string of the molecule is Cn1cc(C(=O)N2CCc3cccc(N)c32)cn1. The molecule has 3 rings (SSSR count). The monoisotopic (exact) mass is 242 g/mol. The van der Waals surface area contributed by atoms with Crippen LogP contribution >= 0.6 is 0 Å². The van der Waals surface area contributed by atoms with Gasteiger partial charge in [0.05, 0.1) is 23.1 Å². The maximum atomic E-state index is 12.4. The van der Waals surface area contributed by atoms with E-state index in [2.05, 4.69) is 5.10 Å². The van der Waals surface area contributed by atoms with Crippen LogP contribution in [0.2, 0.25) is 0 Å². The smallest absolute Gasteiger partial charge is 0.261 e. The van der Waals surface area contributed by atoms with Gasteiger partial charge in [0.25, 0.3) is 5.91 Å². The lowest BCUT2D eigenvalue weighted by Crippen LogP contribution is -2.29. The number of benzene rings is 1. The Kier molecular flexibility index (Phi) is 2.33. The first-order valence-electron chi connectivity index (χ1n) is 5.84. The van der Waals surface area contributed by atoms with Crippen molar-refractivity contribution in [2.75, 3.05) is 17.2 Å². The van der Waals surface area contributed by atoms with Crippen molar-refractivity contribution in [1.29, 1.82) is 0 Å². The Labute approximate surface area is 105 Å². The predicted molar refractivity (Wildman–Crippen MR) is 69.4 cm³/mol. The fourth-order valence-corrected chi connectivity index (χ4v) is 2.38. The summed E-state index contributed by atoms with van der Waals surface area (Å²) in [5.74, 6) is -0.0419. The number of anilines is 2. The van der Waals surface area contributed by atoms with Gasteiger partial charge >= 0.3 is 0 Å². The van der Waals surface area contributed by atoms with E-state index in [9.17, 15) is 4.79 Å². The number of hydrogen-bond donors (Lipinski definition) is 1. The summed E-state index contributed by atoms with van der Waals surface area (Å²) in [5.41, 5.74) is 9.20. The number of amides is 1. The van der Waals surface area contributed by atoms with E-state index in [1.165, 1.54) is 0 Å². The second-order valence-corrected chi connectivity index (χ2v) is 4.46. The molecule has 18 heavy (non-hydrogen) atoms. The largest absolute Gasteiger partial charge is 0.397 e. The number of aryl methyl sites for hydroxylation is 1. The zero-order valence-electron chi connectivity index (χ0n) is 10.1. The van der Waals surface area contributed by atoms with Crippen molar-refractivity contribution in [2.24, 2.45) is 7.05 Å². The summed E-state index contributed by atoms with van der Waals surface area (Å²) in [6.45, 7) is 0.678. The van der Waals surface area contributed by atoms with Gasteiger partial charge in [-0.15, -0.1) is 0 Å². The Morgan fingerprint density at radius 2 is 2.28 bits per heavy atom. The van der Waals surface area contributed by atoms with Gasteiger partial charge in [0, 0.05) is 19.8 Å². The molecule has 0 aliphatic carbocycles. The highest BCUT2D eigenvalue weighted by atomic mass is 16.2. The first-order chi connectivity index (χ1) is 8.66. The molecule has 0 atom stereocenters. The lowest BCUT2D eigenvalue weighted by Gasteiger charge is -2.18. The average Bonchev–Trinajstić information content (AvgIpc) is 2.95. The molecule has 2 heterocycles. The lowest BCUT2D eigenvalue weighted by molar-refractivity contribution is 0.0989. The number of para-hydroxylation sites is 1. The number of fused-ring (bicyclic) bond motifs is 1. The molecule has 0 radical (unpaired) electrons. The van der Waals surface area contributed by atoms with E-state index in [4.69, 9.17) is 5.73 Å². The number of rotatable bonds is 1. The first kappa shape index (κ1) is 10.8. The van der Waals surface area contributed by atoms with E-state index in [0.29, 0.717) is 17.8 Å². The molecule has 5 heteroatoms. The second kappa shape index (κ2) is 3.87. The van der Waals surface area contributed by atoms with Gasteiger partial charge in [-0.05, 0) is 18.1 Å². The van der Waals surface area contributed by atoms with Crippen LogP contribution in [-0.4, -0.2) is 22.2 Å². The van der Waals surface area contributed by atoms with E-state index in [-0.39, 0.29) is 5.91 Å². The summed E-state index contributed by atoms with van der Waals surface area (Å²) in [7, 11) is 1.79. The minimum absolute atomic E-state index is 0.0419. The Balaban J connectivity index is 2.00. The van der Waals surface area contributed by atoms with E-state index in [0.717, 1.165) is 17.7 Å². The molecule has 2 aromatic rings. The highest BCUT2D eigenvalue weighted by molar-refractivity contribution is 6.08.